The van der Waals surface area contributed by atoms with Crippen LogP contribution in [0.2, 0.25) is 0 Å². The van der Waals surface area contributed by atoms with Crippen LogP contribution in [0.15, 0.2) is 47.6 Å². The van der Waals surface area contributed by atoms with Crippen LogP contribution in [0.4, 0.5) is 5.69 Å². The minimum atomic E-state index is -0.259. The van der Waals surface area contributed by atoms with Gasteiger partial charge in [-0.05, 0) is 71.6 Å². The molecule has 1 amide bonds. The third-order valence-electron chi connectivity index (χ3n) is 3.13. The Morgan fingerprint density at radius 1 is 1.30 bits per heavy atom. The van der Waals surface area contributed by atoms with Crippen molar-refractivity contribution in [2.45, 2.75) is 6.92 Å². The van der Waals surface area contributed by atoms with Crippen LogP contribution in [-0.4, -0.2) is 30.4 Å². The molecule has 2 rings (SSSR count). The number of hydrogen-bond acceptors (Lipinski definition) is 5. The van der Waals surface area contributed by atoms with E-state index in [4.69, 9.17) is 27.4 Å². The fourth-order valence-electron chi connectivity index (χ4n) is 2.09. The Hall–Kier alpha value is -2.40. The van der Waals surface area contributed by atoms with Crippen LogP contribution < -0.4 is 25.9 Å². The quantitative estimate of drug-likeness (QED) is 0.224. The lowest BCUT2D eigenvalue weighted by Gasteiger charge is -2.14. The number of benzene rings is 2. The van der Waals surface area contributed by atoms with Gasteiger partial charge in [0, 0.05) is 5.69 Å². The van der Waals surface area contributed by atoms with Crippen molar-refractivity contribution < 1.29 is 14.3 Å². The summed E-state index contributed by atoms with van der Waals surface area (Å²) in [5, 5.41) is 6.78. The van der Waals surface area contributed by atoms with Gasteiger partial charge in [-0.1, -0.05) is 18.2 Å². The Morgan fingerprint density at radius 3 is 2.70 bits per heavy atom. The number of para-hydroxylation sites is 1. The van der Waals surface area contributed by atoms with Gasteiger partial charge in [0.15, 0.2) is 23.2 Å². The second-order valence-corrected chi connectivity index (χ2v) is 6.80. The van der Waals surface area contributed by atoms with E-state index in [9.17, 15) is 4.79 Å². The number of rotatable bonds is 8. The van der Waals surface area contributed by atoms with Crippen molar-refractivity contribution >= 4 is 57.7 Å². The molecule has 2 aromatic carbocycles. The van der Waals surface area contributed by atoms with Gasteiger partial charge in [0.1, 0.15) is 0 Å². The molecule has 0 atom stereocenters. The van der Waals surface area contributed by atoms with Crippen LogP contribution in [0.5, 0.6) is 11.5 Å². The number of thiocarbonyl (C=S) groups is 1. The predicted molar refractivity (Wildman–Crippen MR) is 118 cm³/mol. The van der Waals surface area contributed by atoms with Crippen molar-refractivity contribution in [3.05, 3.63) is 51.6 Å². The van der Waals surface area contributed by atoms with Crippen molar-refractivity contribution in [1.29, 1.82) is 0 Å². The van der Waals surface area contributed by atoms with Crippen LogP contribution in [0.3, 0.4) is 0 Å². The minimum Gasteiger partial charge on any atom is -0.490 e. The molecular weight excluding hydrogens is 479 g/mol. The van der Waals surface area contributed by atoms with Gasteiger partial charge in [-0.3, -0.25) is 10.2 Å². The molecule has 0 fully saturated rings. The van der Waals surface area contributed by atoms with Gasteiger partial charge >= 0.3 is 0 Å². The predicted octanol–water partition coefficient (Wildman–Crippen LogP) is 2.87. The third kappa shape index (κ3) is 7.02. The van der Waals surface area contributed by atoms with E-state index in [2.05, 4.69) is 38.4 Å². The third-order valence-corrected chi connectivity index (χ3v) is 4.02. The molecule has 27 heavy (non-hydrogen) atoms. The number of amides is 1. The van der Waals surface area contributed by atoms with E-state index in [1.54, 1.807) is 12.3 Å². The summed E-state index contributed by atoms with van der Waals surface area (Å²) in [7, 11) is 0. The Balaban J connectivity index is 2.09. The van der Waals surface area contributed by atoms with Crippen LogP contribution in [0, 0.1) is 3.57 Å². The van der Waals surface area contributed by atoms with E-state index in [1.807, 2.05) is 43.3 Å². The van der Waals surface area contributed by atoms with Gasteiger partial charge in [0.2, 0.25) is 0 Å². The van der Waals surface area contributed by atoms with Gasteiger partial charge in [-0.2, -0.15) is 5.10 Å². The smallest absolute Gasteiger partial charge is 0.262 e. The minimum absolute atomic E-state index is 0.0790. The van der Waals surface area contributed by atoms with E-state index in [1.165, 1.54) is 0 Å². The Labute approximate surface area is 176 Å². The summed E-state index contributed by atoms with van der Waals surface area (Å²) in [4.78, 5) is 12.1. The van der Waals surface area contributed by atoms with Gasteiger partial charge in [-0.25, -0.2) is 0 Å². The fraction of sp³-hybridized carbons (Fsp3) is 0.167. The van der Waals surface area contributed by atoms with Crippen molar-refractivity contribution in [3.63, 3.8) is 0 Å². The maximum Gasteiger partial charge on any atom is 0.262 e. The van der Waals surface area contributed by atoms with E-state index >= 15 is 0 Å². The van der Waals surface area contributed by atoms with Crippen molar-refractivity contribution in [1.82, 2.24) is 5.43 Å². The standard InChI is InChI=1S/C18H19IN4O3S/c1-2-25-15-9-12(10-21-23-18(20)27)8-14(19)17(15)26-11-16(24)22-13-6-4-3-5-7-13/h3-10H,2,11H2,1H3,(H,22,24)(H3,20,23,27)/b21-10-. The number of carbonyl (C=O) groups excluding carboxylic acids is 1. The topological polar surface area (TPSA) is 98.0 Å². The average Bonchev–Trinajstić information content (AvgIpc) is 2.62. The molecule has 7 nitrogen and oxygen atoms in total. The summed E-state index contributed by atoms with van der Waals surface area (Å²) >= 11 is 6.82. The molecule has 0 aliphatic heterocycles. The van der Waals surface area contributed by atoms with Crippen molar-refractivity contribution in [3.8, 4) is 11.5 Å². The largest absolute Gasteiger partial charge is 0.490 e. The Morgan fingerprint density at radius 2 is 2.04 bits per heavy atom. The van der Waals surface area contributed by atoms with Crippen LogP contribution >= 0.6 is 34.8 Å². The maximum atomic E-state index is 12.1. The highest BCUT2D eigenvalue weighted by Gasteiger charge is 2.14. The molecule has 0 radical (unpaired) electrons. The van der Waals surface area contributed by atoms with Gasteiger partial charge < -0.3 is 20.5 Å². The Bertz CT molecular complexity index is 831. The number of anilines is 1. The number of nitrogens with one attached hydrogen (secondary N) is 2. The molecule has 0 saturated heterocycles. The van der Waals surface area contributed by atoms with Crippen molar-refractivity contribution in [2.24, 2.45) is 10.8 Å². The van der Waals surface area contributed by atoms with Crippen LogP contribution in [0.25, 0.3) is 0 Å². The lowest BCUT2D eigenvalue weighted by molar-refractivity contribution is -0.118. The molecule has 2 aromatic rings. The summed E-state index contributed by atoms with van der Waals surface area (Å²) in [6.07, 6.45) is 1.57. The number of halogens is 1. The lowest BCUT2D eigenvalue weighted by Crippen LogP contribution is -2.24. The van der Waals surface area contributed by atoms with Gasteiger partial charge in [0.05, 0.1) is 16.4 Å². The summed E-state index contributed by atoms with van der Waals surface area (Å²) in [5.41, 5.74) is 9.31. The van der Waals surface area contributed by atoms with E-state index in [-0.39, 0.29) is 17.6 Å². The number of nitrogens with two attached hydrogens (primary N) is 1. The summed E-state index contributed by atoms with van der Waals surface area (Å²) in [6, 6.07) is 12.8. The van der Waals surface area contributed by atoms with Crippen LogP contribution in [-0.2, 0) is 4.79 Å². The van der Waals surface area contributed by atoms with E-state index in [0.29, 0.717) is 23.8 Å². The zero-order valence-electron chi connectivity index (χ0n) is 14.6. The SMILES string of the molecule is CCOc1cc(/C=N\NC(N)=S)cc(I)c1OCC(=O)Nc1ccccc1. The molecule has 4 N–H and O–H groups in total. The molecule has 0 aliphatic carbocycles. The maximum absolute atomic E-state index is 12.1. The molecule has 0 spiro atoms. The average molecular weight is 498 g/mol. The molecule has 0 heterocycles. The highest BCUT2D eigenvalue weighted by atomic mass is 127. The molecule has 142 valence electrons. The monoisotopic (exact) mass is 498 g/mol. The molecular formula is C18H19IN4O3S. The zero-order chi connectivity index (χ0) is 19.6. The van der Waals surface area contributed by atoms with Gasteiger partial charge in [0.25, 0.3) is 5.91 Å². The van der Waals surface area contributed by atoms with Crippen molar-refractivity contribution in [2.75, 3.05) is 18.5 Å². The first-order valence-corrected chi connectivity index (χ1v) is 9.51. The Kier molecular flexibility index (Phi) is 8.27. The highest BCUT2D eigenvalue weighted by molar-refractivity contribution is 14.1. The summed E-state index contributed by atoms with van der Waals surface area (Å²) in [6.45, 7) is 2.18. The number of ether oxygens (including phenoxy) is 2. The van der Waals surface area contributed by atoms with Gasteiger partial charge in [-0.15, -0.1) is 0 Å². The first kappa shape index (κ1) is 20.9. The first-order chi connectivity index (χ1) is 13.0. The van der Waals surface area contributed by atoms with E-state index < -0.39 is 0 Å². The van der Waals surface area contributed by atoms with Crippen LogP contribution in [0.1, 0.15) is 12.5 Å². The zero-order valence-corrected chi connectivity index (χ0v) is 17.5. The number of carbonyl (C=O) groups is 1. The second kappa shape index (κ2) is 10.7. The molecule has 0 bridgehead atoms. The summed E-state index contributed by atoms with van der Waals surface area (Å²) in [5.74, 6) is 0.763. The number of nitrogens with zero attached hydrogens (tertiary/aromatic N) is 1. The molecule has 0 aliphatic rings. The highest BCUT2D eigenvalue weighted by Crippen LogP contribution is 2.34. The second-order valence-electron chi connectivity index (χ2n) is 5.20. The first-order valence-electron chi connectivity index (χ1n) is 8.02. The molecule has 9 heteroatoms. The lowest BCUT2D eigenvalue weighted by atomic mass is 10.2. The normalized spacial score (nSPS) is 10.4. The summed E-state index contributed by atoms with van der Waals surface area (Å²) < 4.78 is 12.1. The molecule has 0 unspecified atom stereocenters. The molecule has 0 aromatic heterocycles. The number of hydrazone groups is 1. The fourth-order valence-corrected chi connectivity index (χ4v) is 2.93. The van der Waals surface area contributed by atoms with E-state index in [0.717, 1.165) is 9.13 Å². The molecule has 0 saturated carbocycles. The number of hydrogen-bond donors (Lipinski definition) is 3.